The Hall–Kier alpha value is -0.840. The van der Waals surface area contributed by atoms with Crippen LogP contribution < -0.4 is 0 Å². The Morgan fingerprint density at radius 2 is 1.94 bits per heavy atom. The predicted octanol–water partition coefficient (Wildman–Crippen LogP) is 2.46. The van der Waals surface area contributed by atoms with Crippen molar-refractivity contribution in [2.45, 2.75) is 24.0 Å². The van der Waals surface area contributed by atoms with Gasteiger partial charge < -0.3 is 9.47 Å². The number of thioether (sulfide) groups is 1. The van der Waals surface area contributed by atoms with Crippen molar-refractivity contribution >= 4 is 16.9 Å². The van der Waals surface area contributed by atoms with E-state index in [0.717, 1.165) is 4.90 Å². The summed E-state index contributed by atoms with van der Waals surface area (Å²) >= 11 is 1.28. The molecule has 2 rings (SSSR count). The van der Waals surface area contributed by atoms with E-state index in [9.17, 15) is 4.79 Å². The molecule has 1 aliphatic rings. The van der Waals surface area contributed by atoms with E-state index < -0.39 is 0 Å². The van der Waals surface area contributed by atoms with Crippen LogP contribution in [-0.4, -0.2) is 24.6 Å². The number of carbonyl (C=O) groups is 1. The molecule has 0 saturated carbocycles. The number of hydrogen-bond acceptors (Lipinski definition) is 4. The maximum absolute atomic E-state index is 11.6. The number of ether oxygens (including phenoxy) is 2. The Labute approximate surface area is 99.1 Å². The van der Waals surface area contributed by atoms with Crippen molar-refractivity contribution in [3.8, 4) is 0 Å². The number of benzene rings is 1. The molecule has 1 heterocycles. The minimum atomic E-state index is -0.180. The van der Waals surface area contributed by atoms with Crippen molar-refractivity contribution in [3.63, 3.8) is 0 Å². The van der Waals surface area contributed by atoms with Crippen molar-refractivity contribution in [1.29, 1.82) is 0 Å². The van der Waals surface area contributed by atoms with E-state index in [1.807, 2.05) is 30.3 Å². The molecule has 0 bridgehead atoms. The first-order valence-electron chi connectivity index (χ1n) is 5.33. The zero-order valence-electron chi connectivity index (χ0n) is 8.93. The monoisotopic (exact) mass is 238 g/mol. The Kier molecular flexibility index (Phi) is 4.39. The van der Waals surface area contributed by atoms with E-state index in [1.165, 1.54) is 11.8 Å². The maximum Gasteiger partial charge on any atom is 0.193 e. The molecule has 16 heavy (non-hydrogen) atoms. The van der Waals surface area contributed by atoms with Gasteiger partial charge in [0.2, 0.25) is 0 Å². The van der Waals surface area contributed by atoms with Crippen molar-refractivity contribution in [2.24, 2.45) is 0 Å². The zero-order chi connectivity index (χ0) is 11.2. The molecule has 1 saturated heterocycles. The first kappa shape index (κ1) is 11.6. The molecule has 1 aromatic rings. The fourth-order valence-electron chi connectivity index (χ4n) is 1.48. The SMILES string of the molecule is O=C(CCC1OCCO1)Sc1ccccc1. The van der Waals surface area contributed by atoms with E-state index in [1.54, 1.807) is 0 Å². The van der Waals surface area contributed by atoms with Crippen LogP contribution in [0.4, 0.5) is 0 Å². The van der Waals surface area contributed by atoms with Gasteiger partial charge in [0.25, 0.3) is 0 Å². The Bertz CT molecular complexity index is 333. The number of hydrogen-bond donors (Lipinski definition) is 0. The minimum absolute atomic E-state index is 0.158. The molecule has 3 nitrogen and oxygen atoms in total. The van der Waals surface area contributed by atoms with Crippen LogP contribution in [0.3, 0.4) is 0 Å². The maximum atomic E-state index is 11.6. The van der Waals surface area contributed by atoms with Crippen LogP contribution >= 0.6 is 11.8 Å². The third kappa shape index (κ3) is 3.63. The predicted molar refractivity (Wildman–Crippen MR) is 62.2 cm³/mol. The molecule has 4 heteroatoms. The highest BCUT2D eigenvalue weighted by molar-refractivity contribution is 8.13. The van der Waals surface area contributed by atoms with E-state index in [-0.39, 0.29) is 11.4 Å². The summed E-state index contributed by atoms with van der Waals surface area (Å²) in [5.74, 6) is 0. The van der Waals surface area contributed by atoms with Gasteiger partial charge >= 0.3 is 0 Å². The molecule has 0 atom stereocenters. The summed E-state index contributed by atoms with van der Waals surface area (Å²) in [7, 11) is 0. The second kappa shape index (κ2) is 6.03. The van der Waals surface area contributed by atoms with Crippen molar-refractivity contribution < 1.29 is 14.3 Å². The fraction of sp³-hybridized carbons (Fsp3) is 0.417. The molecule has 0 aromatic heterocycles. The van der Waals surface area contributed by atoms with Crippen LogP contribution in [0.15, 0.2) is 35.2 Å². The second-order valence-corrected chi connectivity index (χ2v) is 4.63. The zero-order valence-corrected chi connectivity index (χ0v) is 9.74. The summed E-state index contributed by atoms with van der Waals surface area (Å²) in [6.45, 7) is 1.29. The lowest BCUT2D eigenvalue weighted by Crippen LogP contribution is -2.09. The average Bonchev–Trinajstić information content (AvgIpc) is 2.81. The van der Waals surface area contributed by atoms with Gasteiger partial charge in [0, 0.05) is 17.7 Å². The molecule has 0 aliphatic carbocycles. The van der Waals surface area contributed by atoms with Gasteiger partial charge in [0.15, 0.2) is 11.4 Å². The number of carbonyl (C=O) groups excluding carboxylic acids is 1. The minimum Gasteiger partial charge on any atom is -0.350 e. The Morgan fingerprint density at radius 1 is 1.25 bits per heavy atom. The van der Waals surface area contributed by atoms with Gasteiger partial charge in [-0.05, 0) is 12.1 Å². The molecule has 0 spiro atoms. The molecular weight excluding hydrogens is 224 g/mol. The first-order valence-corrected chi connectivity index (χ1v) is 6.15. The molecule has 1 aliphatic heterocycles. The highest BCUT2D eigenvalue weighted by Crippen LogP contribution is 2.21. The van der Waals surface area contributed by atoms with Crippen LogP contribution in [0.25, 0.3) is 0 Å². The lowest BCUT2D eigenvalue weighted by molar-refractivity contribution is -0.113. The smallest absolute Gasteiger partial charge is 0.193 e. The molecular formula is C12H14O3S. The van der Waals surface area contributed by atoms with Crippen LogP contribution in [0.1, 0.15) is 12.8 Å². The first-order chi connectivity index (χ1) is 7.84. The fourth-order valence-corrected chi connectivity index (χ4v) is 2.26. The van der Waals surface area contributed by atoms with E-state index in [0.29, 0.717) is 26.1 Å². The van der Waals surface area contributed by atoms with E-state index in [4.69, 9.17) is 9.47 Å². The lowest BCUT2D eigenvalue weighted by Gasteiger charge is -2.07. The molecule has 0 N–H and O–H groups in total. The lowest BCUT2D eigenvalue weighted by atomic mass is 10.3. The molecule has 0 amide bonds. The van der Waals surface area contributed by atoms with E-state index >= 15 is 0 Å². The van der Waals surface area contributed by atoms with Gasteiger partial charge in [0.05, 0.1) is 13.2 Å². The van der Waals surface area contributed by atoms with Crippen LogP contribution in [0.2, 0.25) is 0 Å². The van der Waals surface area contributed by atoms with Crippen LogP contribution in [0, 0.1) is 0 Å². The molecule has 0 radical (unpaired) electrons. The Balaban J connectivity index is 1.72. The molecule has 1 fully saturated rings. The summed E-state index contributed by atoms with van der Waals surface area (Å²) in [6, 6.07) is 9.67. The van der Waals surface area contributed by atoms with Crippen molar-refractivity contribution in [3.05, 3.63) is 30.3 Å². The average molecular weight is 238 g/mol. The topological polar surface area (TPSA) is 35.5 Å². The number of rotatable bonds is 4. The highest BCUT2D eigenvalue weighted by atomic mass is 32.2. The van der Waals surface area contributed by atoms with Crippen LogP contribution in [0.5, 0.6) is 0 Å². The summed E-state index contributed by atoms with van der Waals surface area (Å²) in [5, 5.41) is 0.158. The van der Waals surface area contributed by atoms with Gasteiger partial charge in [-0.2, -0.15) is 0 Å². The summed E-state index contributed by atoms with van der Waals surface area (Å²) in [6.07, 6.45) is 0.962. The molecule has 86 valence electrons. The highest BCUT2D eigenvalue weighted by Gasteiger charge is 2.17. The summed E-state index contributed by atoms with van der Waals surface area (Å²) in [4.78, 5) is 12.6. The van der Waals surface area contributed by atoms with Gasteiger partial charge in [-0.3, -0.25) is 4.79 Å². The third-order valence-corrected chi connectivity index (χ3v) is 3.19. The largest absolute Gasteiger partial charge is 0.350 e. The van der Waals surface area contributed by atoms with Gasteiger partial charge in [0.1, 0.15) is 0 Å². The summed E-state index contributed by atoms with van der Waals surface area (Å²) < 4.78 is 10.5. The standard InChI is InChI=1S/C12H14O3S/c13-11(6-7-12-14-8-9-15-12)16-10-4-2-1-3-5-10/h1-5,12H,6-9H2. The van der Waals surface area contributed by atoms with Gasteiger partial charge in [-0.15, -0.1) is 0 Å². The quantitative estimate of drug-likeness (QED) is 0.755. The second-order valence-electron chi connectivity index (χ2n) is 3.50. The molecule has 0 unspecified atom stereocenters. The van der Waals surface area contributed by atoms with Gasteiger partial charge in [-0.1, -0.05) is 30.0 Å². The Morgan fingerprint density at radius 3 is 2.62 bits per heavy atom. The van der Waals surface area contributed by atoms with Crippen LogP contribution in [-0.2, 0) is 14.3 Å². The third-order valence-electron chi connectivity index (χ3n) is 2.25. The van der Waals surface area contributed by atoms with Crippen molar-refractivity contribution in [2.75, 3.05) is 13.2 Å². The molecule has 1 aromatic carbocycles. The normalized spacial score (nSPS) is 16.5. The van der Waals surface area contributed by atoms with Gasteiger partial charge in [-0.25, -0.2) is 0 Å². The van der Waals surface area contributed by atoms with E-state index in [2.05, 4.69) is 0 Å². The summed E-state index contributed by atoms with van der Waals surface area (Å²) in [5.41, 5.74) is 0. The van der Waals surface area contributed by atoms with Crippen molar-refractivity contribution in [1.82, 2.24) is 0 Å².